The number of anilines is 3. The predicted molar refractivity (Wildman–Crippen MR) is 107 cm³/mol. The van der Waals surface area contributed by atoms with E-state index in [0.717, 1.165) is 34.7 Å². The van der Waals surface area contributed by atoms with Gasteiger partial charge < -0.3 is 16.8 Å². The van der Waals surface area contributed by atoms with E-state index in [4.69, 9.17) is 11.5 Å². The van der Waals surface area contributed by atoms with E-state index < -0.39 is 0 Å². The van der Waals surface area contributed by atoms with Crippen molar-refractivity contribution in [1.82, 2.24) is 0 Å². The second kappa shape index (κ2) is 8.67. The van der Waals surface area contributed by atoms with Crippen molar-refractivity contribution in [2.24, 2.45) is 0 Å². The highest BCUT2D eigenvalue weighted by Crippen LogP contribution is 2.33. The average Bonchev–Trinajstić information content (AvgIpc) is 2.97. The Morgan fingerprint density at radius 3 is 2.35 bits per heavy atom. The van der Waals surface area contributed by atoms with E-state index in [9.17, 15) is 0 Å². The smallest absolute Gasteiger partial charge is 0.0415 e. The zero-order valence-corrected chi connectivity index (χ0v) is 14.8. The maximum absolute atomic E-state index is 6.09. The van der Waals surface area contributed by atoms with E-state index in [1.54, 1.807) is 11.3 Å². The highest BCUT2D eigenvalue weighted by Gasteiger charge is 2.10. The number of para-hydroxylation sites is 1. The summed E-state index contributed by atoms with van der Waals surface area (Å²) in [5.74, 6) is 0. The molecule has 5 N–H and O–H groups in total. The molecule has 23 heavy (non-hydrogen) atoms. The van der Waals surface area contributed by atoms with Crippen LogP contribution in [0, 0.1) is 0 Å². The van der Waals surface area contributed by atoms with Gasteiger partial charge in [0.2, 0.25) is 0 Å². The van der Waals surface area contributed by atoms with Crippen molar-refractivity contribution in [2.45, 2.75) is 6.54 Å². The van der Waals surface area contributed by atoms with Gasteiger partial charge >= 0.3 is 0 Å². The lowest BCUT2D eigenvalue weighted by molar-refractivity contribution is 1.17. The molecular weight excluding hydrogens is 349 g/mol. The summed E-state index contributed by atoms with van der Waals surface area (Å²) in [6, 6.07) is 15.8. The van der Waals surface area contributed by atoms with Gasteiger partial charge in [0, 0.05) is 29.2 Å². The largest absolute Gasteiger partial charge is 0.399 e. The number of thiophene rings is 1. The third kappa shape index (κ3) is 4.55. The lowest BCUT2D eigenvalue weighted by Crippen LogP contribution is -2.00. The summed E-state index contributed by atoms with van der Waals surface area (Å²) in [6.45, 7) is 0.761. The molecule has 0 radical (unpaired) electrons. The van der Waals surface area contributed by atoms with Crippen LogP contribution >= 0.6 is 36.2 Å². The Kier molecular flexibility index (Phi) is 7.23. The molecule has 0 unspecified atom stereocenters. The molecule has 0 aliphatic carbocycles. The summed E-state index contributed by atoms with van der Waals surface area (Å²) in [7, 11) is 0. The van der Waals surface area contributed by atoms with E-state index in [1.807, 2.05) is 36.4 Å². The van der Waals surface area contributed by atoms with Crippen LogP contribution in [-0.4, -0.2) is 0 Å². The molecule has 0 aliphatic heterocycles. The highest BCUT2D eigenvalue weighted by molar-refractivity contribution is 7.08. The maximum atomic E-state index is 6.09. The molecule has 0 saturated carbocycles. The summed E-state index contributed by atoms with van der Waals surface area (Å²) in [5.41, 5.74) is 17.9. The van der Waals surface area contributed by atoms with Crippen molar-refractivity contribution in [1.29, 1.82) is 0 Å². The fraction of sp³-hybridized carbons (Fsp3) is 0.0588. The third-order valence-corrected chi connectivity index (χ3v) is 4.16. The molecule has 3 aromatic rings. The minimum Gasteiger partial charge on any atom is -0.399 e. The number of hydrogen-bond acceptors (Lipinski definition) is 4. The number of nitrogens with one attached hydrogen (secondary N) is 1. The molecule has 3 nitrogen and oxygen atoms in total. The van der Waals surface area contributed by atoms with E-state index in [-0.39, 0.29) is 24.8 Å². The average molecular weight is 368 g/mol. The first-order chi connectivity index (χ1) is 10.2. The van der Waals surface area contributed by atoms with Crippen molar-refractivity contribution in [3.63, 3.8) is 0 Å². The van der Waals surface area contributed by atoms with Gasteiger partial charge in [0.05, 0.1) is 0 Å². The SMILES string of the molecule is Cl.Cl.Nc1ccc(N)c(-c2cscc2CNc2ccccc2)c1. The lowest BCUT2D eigenvalue weighted by atomic mass is 10.0. The first-order valence-corrected chi connectivity index (χ1v) is 7.67. The topological polar surface area (TPSA) is 64.1 Å². The Labute approximate surface area is 152 Å². The Morgan fingerprint density at radius 2 is 1.61 bits per heavy atom. The Bertz CT molecular complexity index is 745. The number of hydrogen-bond donors (Lipinski definition) is 3. The standard InChI is InChI=1S/C17H17N3S.2ClH/c18-13-6-7-17(19)15(8-13)16-11-21-10-12(16)9-20-14-4-2-1-3-5-14;;/h1-8,10-11,20H,9,18-19H2;2*1H. The zero-order chi connectivity index (χ0) is 14.7. The van der Waals surface area contributed by atoms with Crippen molar-refractivity contribution >= 4 is 53.2 Å². The molecule has 0 fully saturated rings. The van der Waals surface area contributed by atoms with Crippen LogP contribution in [0.4, 0.5) is 17.1 Å². The molecule has 0 spiro atoms. The van der Waals surface area contributed by atoms with Crippen molar-refractivity contribution < 1.29 is 0 Å². The monoisotopic (exact) mass is 367 g/mol. The summed E-state index contributed by atoms with van der Waals surface area (Å²) in [6.07, 6.45) is 0. The van der Waals surface area contributed by atoms with Crippen LogP contribution in [0.15, 0.2) is 59.3 Å². The summed E-state index contributed by atoms with van der Waals surface area (Å²) in [4.78, 5) is 0. The molecular formula is C17H19Cl2N3S. The molecule has 3 rings (SSSR count). The van der Waals surface area contributed by atoms with Crippen molar-refractivity contribution in [3.8, 4) is 11.1 Å². The van der Waals surface area contributed by atoms with Crippen LogP contribution in [-0.2, 0) is 6.54 Å². The molecule has 122 valence electrons. The quantitative estimate of drug-likeness (QED) is 0.566. The second-order valence-corrected chi connectivity index (χ2v) is 5.62. The highest BCUT2D eigenvalue weighted by atomic mass is 35.5. The van der Waals surface area contributed by atoms with Gasteiger partial charge in [0.15, 0.2) is 0 Å². The minimum absolute atomic E-state index is 0. The molecule has 6 heteroatoms. The minimum atomic E-state index is 0. The molecule has 1 heterocycles. The molecule has 0 bridgehead atoms. The van der Waals surface area contributed by atoms with Gasteiger partial charge in [-0.1, -0.05) is 18.2 Å². The lowest BCUT2D eigenvalue weighted by Gasteiger charge is -2.10. The van der Waals surface area contributed by atoms with Crippen LogP contribution in [0.3, 0.4) is 0 Å². The predicted octanol–water partition coefficient (Wildman–Crippen LogP) is 5.04. The van der Waals surface area contributed by atoms with E-state index in [0.29, 0.717) is 0 Å². The van der Waals surface area contributed by atoms with Crippen LogP contribution < -0.4 is 16.8 Å². The van der Waals surface area contributed by atoms with Crippen LogP contribution in [0.25, 0.3) is 11.1 Å². The van der Waals surface area contributed by atoms with Crippen LogP contribution in [0.2, 0.25) is 0 Å². The molecule has 0 saturated heterocycles. The molecule has 2 aromatic carbocycles. The number of benzene rings is 2. The number of halogens is 2. The van der Waals surface area contributed by atoms with Crippen LogP contribution in [0.5, 0.6) is 0 Å². The summed E-state index contributed by atoms with van der Waals surface area (Å²) >= 11 is 1.67. The number of nitrogens with two attached hydrogens (primary N) is 2. The summed E-state index contributed by atoms with van der Waals surface area (Å²) < 4.78 is 0. The summed E-state index contributed by atoms with van der Waals surface area (Å²) in [5, 5.41) is 7.69. The van der Waals surface area contributed by atoms with Gasteiger partial charge in [-0.2, -0.15) is 11.3 Å². The van der Waals surface area contributed by atoms with Gasteiger partial charge in [0.25, 0.3) is 0 Å². The third-order valence-electron chi connectivity index (χ3n) is 3.37. The van der Waals surface area contributed by atoms with Gasteiger partial charge in [0.1, 0.15) is 0 Å². The molecule has 0 atom stereocenters. The number of nitrogen functional groups attached to an aromatic ring is 2. The van der Waals surface area contributed by atoms with Gasteiger partial charge in [-0.15, -0.1) is 24.8 Å². The molecule has 0 aliphatic rings. The van der Waals surface area contributed by atoms with Gasteiger partial charge in [-0.3, -0.25) is 0 Å². The zero-order valence-electron chi connectivity index (χ0n) is 12.4. The second-order valence-electron chi connectivity index (χ2n) is 4.88. The van der Waals surface area contributed by atoms with E-state index >= 15 is 0 Å². The Morgan fingerprint density at radius 1 is 0.870 bits per heavy atom. The Hall–Kier alpha value is -1.88. The van der Waals surface area contributed by atoms with Crippen LogP contribution in [0.1, 0.15) is 5.56 Å². The first-order valence-electron chi connectivity index (χ1n) is 6.73. The van der Waals surface area contributed by atoms with E-state index in [1.165, 1.54) is 5.56 Å². The molecule has 1 aromatic heterocycles. The normalized spacial score (nSPS) is 9.57. The van der Waals surface area contributed by atoms with Gasteiger partial charge in [-0.25, -0.2) is 0 Å². The molecule has 0 amide bonds. The van der Waals surface area contributed by atoms with Gasteiger partial charge in [-0.05, 0) is 52.2 Å². The number of rotatable bonds is 4. The fourth-order valence-electron chi connectivity index (χ4n) is 2.26. The van der Waals surface area contributed by atoms with Crippen molar-refractivity contribution in [3.05, 3.63) is 64.9 Å². The maximum Gasteiger partial charge on any atom is 0.0415 e. The van der Waals surface area contributed by atoms with Crippen molar-refractivity contribution in [2.75, 3.05) is 16.8 Å². The van der Waals surface area contributed by atoms with E-state index in [2.05, 4.69) is 28.2 Å². The Balaban J connectivity index is 0.00000132. The first kappa shape index (κ1) is 19.2. The fourth-order valence-corrected chi connectivity index (χ4v) is 3.11.